The van der Waals surface area contributed by atoms with E-state index in [4.69, 9.17) is 13.8 Å². The molecule has 0 saturated heterocycles. The highest BCUT2D eigenvalue weighted by Crippen LogP contribution is 2.42. The van der Waals surface area contributed by atoms with E-state index in [0.29, 0.717) is 6.42 Å². The maximum Gasteiger partial charge on any atom is 0.472 e. The second-order valence-corrected chi connectivity index (χ2v) is 15.4. The highest BCUT2D eigenvalue weighted by molar-refractivity contribution is 7.47. The first-order valence-corrected chi connectivity index (χ1v) is 22.3. The number of hydrogen-bond acceptors (Lipinski definition) is 7. The number of nitrogens with one attached hydrogen (secondary N) is 1. The van der Waals surface area contributed by atoms with Gasteiger partial charge in [-0.2, -0.15) is 0 Å². The number of aliphatic hydroxyl groups is 1. The van der Waals surface area contributed by atoms with Gasteiger partial charge in [0.05, 0.1) is 13.2 Å². The molecule has 1 amide bonds. The Morgan fingerprint density at radius 3 is 1.61 bits per heavy atom. The molecule has 9 nitrogen and oxygen atoms in total. The molecule has 0 aliphatic heterocycles. The Balaban J connectivity index is 3.53. The zero-order valence-electron chi connectivity index (χ0n) is 32.8. The number of hydrogen-bond donors (Lipinski definition) is 3. The first-order valence-electron chi connectivity index (χ1n) is 20.8. The summed E-state index contributed by atoms with van der Waals surface area (Å²) in [4.78, 5) is 33.7. The number of carbonyl (C=O) groups excluding carboxylic acids is 2. The van der Waals surface area contributed by atoms with Gasteiger partial charge >= 0.3 is 13.8 Å². The molecule has 51 heavy (non-hydrogen) atoms. The van der Waals surface area contributed by atoms with Gasteiger partial charge in [-0.25, -0.2) is 4.57 Å². The van der Waals surface area contributed by atoms with Gasteiger partial charge in [-0.15, -0.1) is 0 Å². The lowest BCUT2D eigenvalue weighted by molar-refractivity contribution is -0.147. The third-order valence-electron chi connectivity index (χ3n) is 8.88. The van der Waals surface area contributed by atoms with E-state index in [1.807, 2.05) is 0 Å². The van der Waals surface area contributed by atoms with Gasteiger partial charge in [0, 0.05) is 19.4 Å². The number of aliphatic hydroxyl groups excluding tert-OH is 1. The minimum absolute atomic E-state index is 0.0837. The Bertz CT molecular complexity index is 897. The summed E-state index contributed by atoms with van der Waals surface area (Å²) in [6, 6.07) is 0. The van der Waals surface area contributed by atoms with E-state index in [-0.39, 0.29) is 32.1 Å². The van der Waals surface area contributed by atoms with Gasteiger partial charge in [-0.3, -0.25) is 18.6 Å². The third-order valence-corrected chi connectivity index (χ3v) is 9.87. The molecule has 0 aliphatic carbocycles. The first kappa shape index (κ1) is 49.5. The van der Waals surface area contributed by atoms with Gasteiger partial charge in [-0.05, 0) is 44.9 Å². The molecule has 0 aromatic heterocycles. The smallest absolute Gasteiger partial charge is 0.463 e. The van der Waals surface area contributed by atoms with E-state index in [1.165, 1.54) is 122 Å². The number of unbranched alkanes of at least 4 members (excludes halogenated alkanes) is 22. The maximum atomic E-state index is 12.0. The summed E-state index contributed by atoms with van der Waals surface area (Å²) in [6.07, 6.45) is 39.9. The van der Waals surface area contributed by atoms with Crippen molar-refractivity contribution >= 4 is 19.7 Å². The minimum Gasteiger partial charge on any atom is -0.463 e. The minimum atomic E-state index is -4.40. The number of phosphoric acid groups is 1. The summed E-state index contributed by atoms with van der Waals surface area (Å²) in [6.45, 7) is 3.49. The summed E-state index contributed by atoms with van der Waals surface area (Å²) < 4.78 is 26.7. The van der Waals surface area contributed by atoms with Gasteiger partial charge in [0.2, 0.25) is 5.91 Å². The van der Waals surface area contributed by atoms with Gasteiger partial charge in [0.1, 0.15) is 12.7 Å². The standard InChI is InChI=1S/C41H78NO8P/c1-3-5-7-9-11-12-13-14-15-16-17-18-19-20-21-22-23-24-25-26-28-30-32-34-41(45)48-37-39(43)38-50-51(46,47)49-36-35-42-40(44)33-31-29-27-10-8-6-4-2/h11-12,14-15,39,43H,3-10,13,16-38H2,1-2H3,(H,42,44)(H,46,47)/b12-11-,15-14-. The molecule has 0 fully saturated rings. The van der Waals surface area contributed by atoms with Crippen LogP contribution in [-0.4, -0.2) is 54.3 Å². The fraction of sp³-hybridized carbons (Fsp3) is 0.854. The molecule has 10 heteroatoms. The van der Waals surface area contributed by atoms with Crippen LogP contribution in [-0.2, 0) is 27.9 Å². The van der Waals surface area contributed by atoms with Gasteiger partial charge in [0.15, 0.2) is 0 Å². The molecule has 0 aromatic carbocycles. The van der Waals surface area contributed by atoms with Crippen LogP contribution in [0, 0.1) is 0 Å². The second kappa shape index (κ2) is 38.2. The van der Waals surface area contributed by atoms with E-state index in [0.717, 1.165) is 44.9 Å². The van der Waals surface area contributed by atoms with Crippen LogP contribution >= 0.6 is 7.82 Å². The molecule has 0 rings (SSSR count). The van der Waals surface area contributed by atoms with E-state index in [9.17, 15) is 24.2 Å². The molecule has 2 unspecified atom stereocenters. The molecule has 0 aromatic rings. The van der Waals surface area contributed by atoms with E-state index >= 15 is 0 Å². The highest BCUT2D eigenvalue weighted by atomic mass is 31.2. The molecule has 300 valence electrons. The lowest BCUT2D eigenvalue weighted by atomic mass is 10.0. The zero-order chi connectivity index (χ0) is 37.5. The number of amides is 1. The SMILES string of the molecule is CCCCC/C=C\C/C=C\CCCCCCCCCCCCCCCC(=O)OCC(O)COP(=O)(O)OCCNC(=O)CCCCCCCCC. The van der Waals surface area contributed by atoms with Crippen molar-refractivity contribution in [1.82, 2.24) is 5.32 Å². The topological polar surface area (TPSA) is 131 Å². The third kappa shape index (κ3) is 39.5. The van der Waals surface area contributed by atoms with Crippen LogP contribution in [0.5, 0.6) is 0 Å². The van der Waals surface area contributed by atoms with Crippen molar-refractivity contribution in [3.05, 3.63) is 24.3 Å². The van der Waals surface area contributed by atoms with Crippen molar-refractivity contribution in [2.24, 2.45) is 0 Å². The van der Waals surface area contributed by atoms with Crippen molar-refractivity contribution < 1.29 is 37.9 Å². The Morgan fingerprint density at radius 1 is 0.608 bits per heavy atom. The molecular weight excluding hydrogens is 665 g/mol. The van der Waals surface area contributed by atoms with Crippen molar-refractivity contribution in [3.63, 3.8) is 0 Å². The van der Waals surface area contributed by atoms with Crippen LogP contribution in [0.3, 0.4) is 0 Å². The highest BCUT2D eigenvalue weighted by Gasteiger charge is 2.23. The Morgan fingerprint density at radius 2 is 1.06 bits per heavy atom. The summed E-state index contributed by atoms with van der Waals surface area (Å²) in [5.41, 5.74) is 0. The number of rotatable bonds is 39. The van der Waals surface area contributed by atoms with E-state index in [2.05, 4.69) is 43.5 Å². The normalized spacial score (nSPS) is 13.6. The van der Waals surface area contributed by atoms with Gasteiger partial charge in [-0.1, -0.05) is 160 Å². The number of esters is 1. The molecular formula is C41H78NO8P. The van der Waals surface area contributed by atoms with Crippen LogP contribution in [0.15, 0.2) is 24.3 Å². The fourth-order valence-corrected chi connectivity index (χ4v) is 6.46. The Labute approximate surface area is 312 Å². The predicted octanol–water partition coefficient (Wildman–Crippen LogP) is 11.2. The number of allylic oxidation sites excluding steroid dienone is 4. The molecule has 3 N–H and O–H groups in total. The average Bonchev–Trinajstić information content (AvgIpc) is 3.11. The molecule has 0 heterocycles. The molecule has 0 saturated carbocycles. The van der Waals surface area contributed by atoms with Crippen molar-refractivity contribution in [1.29, 1.82) is 0 Å². The largest absolute Gasteiger partial charge is 0.472 e. The summed E-state index contributed by atoms with van der Waals surface area (Å²) in [7, 11) is -4.40. The lowest BCUT2D eigenvalue weighted by Crippen LogP contribution is -2.27. The van der Waals surface area contributed by atoms with E-state index < -0.39 is 26.5 Å². The Kier molecular flexibility index (Phi) is 37.1. The molecule has 0 spiro atoms. The van der Waals surface area contributed by atoms with Gasteiger partial charge < -0.3 is 20.1 Å². The molecule has 0 radical (unpaired) electrons. The maximum absolute atomic E-state index is 12.0. The van der Waals surface area contributed by atoms with Crippen molar-refractivity contribution in [2.75, 3.05) is 26.4 Å². The number of phosphoric ester groups is 1. The molecule has 0 aliphatic rings. The van der Waals surface area contributed by atoms with E-state index in [1.54, 1.807) is 0 Å². The first-order chi connectivity index (χ1) is 24.8. The number of carbonyl (C=O) groups is 2. The summed E-state index contributed by atoms with van der Waals surface area (Å²) in [5.74, 6) is -0.520. The van der Waals surface area contributed by atoms with Crippen LogP contribution in [0.2, 0.25) is 0 Å². The van der Waals surface area contributed by atoms with Gasteiger partial charge in [0.25, 0.3) is 0 Å². The lowest BCUT2D eigenvalue weighted by Gasteiger charge is -2.15. The van der Waals surface area contributed by atoms with Crippen molar-refractivity contribution in [3.8, 4) is 0 Å². The van der Waals surface area contributed by atoms with Crippen LogP contribution < -0.4 is 5.32 Å². The van der Waals surface area contributed by atoms with Crippen LogP contribution in [0.25, 0.3) is 0 Å². The zero-order valence-corrected chi connectivity index (χ0v) is 33.7. The summed E-state index contributed by atoms with van der Waals surface area (Å²) >= 11 is 0. The molecule has 0 bridgehead atoms. The average molecular weight is 744 g/mol. The van der Waals surface area contributed by atoms with Crippen molar-refractivity contribution in [2.45, 2.75) is 200 Å². The molecule has 2 atom stereocenters. The Hall–Kier alpha value is -1.51. The summed E-state index contributed by atoms with van der Waals surface area (Å²) in [5, 5.41) is 12.6. The fourth-order valence-electron chi connectivity index (χ4n) is 5.70. The predicted molar refractivity (Wildman–Crippen MR) is 211 cm³/mol. The second-order valence-electron chi connectivity index (χ2n) is 14.0. The van der Waals surface area contributed by atoms with Crippen LogP contribution in [0.1, 0.15) is 194 Å². The monoisotopic (exact) mass is 744 g/mol. The number of ether oxygens (including phenoxy) is 1. The van der Waals surface area contributed by atoms with Crippen LogP contribution in [0.4, 0.5) is 0 Å². The quantitative estimate of drug-likeness (QED) is 0.0245.